The van der Waals surface area contributed by atoms with Crippen LogP contribution in [0, 0.1) is 0 Å². The number of nitrogens with zero attached hydrogens (tertiary/aromatic N) is 4. The van der Waals surface area contributed by atoms with E-state index >= 15 is 0 Å². The molecule has 1 aromatic rings. The average molecular weight is 266 g/mol. The molecule has 1 aliphatic heterocycles. The van der Waals surface area contributed by atoms with E-state index in [-0.39, 0.29) is 0 Å². The van der Waals surface area contributed by atoms with E-state index in [2.05, 4.69) is 16.9 Å². The fourth-order valence-corrected chi connectivity index (χ4v) is 2.65. The van der Waals surface area contributed by atoms with Gasteiger partial charge in [0, 0.05) is 45.5 Å². The van der Waals surface area contributed by atoms with Gasteiger partial charge in [0.25, 0.3) is 0 Å². The smallest absolute Gasteiger partial charge is 0.320 e. The summed E-state index contributed by atoms with van der Waals surface area (Å²) in [6, 6.07) is 1.96. The molecule has 2 rings (SSSR count). The van der Waals surface area contributed by atoms with E-state index < -0.39 is 12.0 Å². The van der Waals surface area contributed by atoms with Crippen molar-refractivity contribution in [2.45, 2.75) is 25.9 Å². The molecule has 0 radical (unpaired) electrons. The number of carbonyl (C=O) groups is 1. The molecule has 1 saturated heterocycles. The predicted octanol–water partition coefficient (Wildman–Crippen LogP) is 0.572. The first-order valence-electron chi connectivity index (χ1n) is 6.69. The topological polar surface area (TPSA) is 61.6 Å². The number of carboxylic acids is 1. The lowest BCUT2D eigenvalue weighted by Gasteiger charge is -2.39. The van der Waals surface area contributed by atoms with Crippen LogP contribution in [-0.4, -0.2) is 62.9 Å². The van der Waals surface area contributed by atoms with Crippen molar-refractivity contribution in [3.8, 4) is 0 Å². The summed E-state index contributed by atoms with van der Waals surface area (Å²) in [6.45, 7) is 7.31. The number of hydrogen-bond acceptors (Lipinski definition) is 4. The normalized spacial score (nSPS) is 21.2. The van der Waals surface area contributed by atoms with Gasteiger partial charge in [0.15, 0.2) is 0 Å². The number of hydrogen-bond donors (Lipinski definition) is 1. The summed E-state index contributed by atoms with van der Waals surface area (Å²) in [6.07, 6.45) is 1.81. The first kappa shape index (κ1) is 14.0. The molecule has 106 valence electrons. The van der Waals surface area contributed by atoms with Gasteiger partial charge in [-0.3, -0.25) is 19.3 Å². The molecule has 0 saturated carbocycles. The Hall–Kier alpha value is -1.40. The molecule has 6 nitrogen and oxygen atoms in total. The third-order valence-electron chi connectivity index (χ3n) is 4.09. The molecule has 6 heteroatoms. The zero-order valence-electron chi connectivity index (χ0n) is 11.8. The molecule has 19 heavy (non-hydrogen) atoms. The highest BCUT2D eigenvalue weighted by Crippen LogP contribution is 2.21. The molecule has 1 N–H and O–H groups in total. The van der Waals surface area contributed by atoms with Gasteiger partial charge in [0.05, 0.1) is 5.69 Å². The summed E-state index contributed by atoms with van der Waals surface area (Å²) in [4.78, 5) is 15.4. The third kappa shape index (κ3) is 2.96. The predicted molar refractivity (Wildman–Crippen MR) is 71.9 cm³/mol. The fraction of sp³-hybridized carbons (Fsp3) is 0.692. The van der Waals surface area contributed by atoms with Gasteiger partial charge < -0.3 is 5.11 Å². The zero-order chi connectivity index (χ0) is 14.0. The summed E-state index contributed by atoms with van der Waals surface area (Å²) in [5.41, 5.74) is 1.19. The van der Waals surface area contributed by atoms with Crippen LogP contribution in [0.25, 0.3) is 0 Å². The Bertz CT molecular complexity index is 438. The number of rotatable bonds is 4. The summed E-state index contributed by atoms with van der Waals surface area (Å²) in [5, 5.41) is 13.2. The third-order valence-corrected chi connectivity index (χ3v) is 4.09. The van der Waals surface area contributed by atoms with Gasteiger partial charge in [-0.05, 0) is 19.9 Å². The molecular formula is C13H22N4O2. The van der Waals surface area contributed by atoms with Crippen molar-refractivity contribution in [3.63, 3.8) is 0 Å². The standard InChI is InChI=1S/C13H22N4O2/c1-10(12-4-5-14-15(12)3)16-6-8-17(9-7-16)11(2)13(18)19/h4-5,10-11H,6-9H2,1-3H3,(H,18,19). The van der Waals surface area contributed by atoms with Gasteiger partial charge in [0.2, 0.25) is 0 Å². The Kier molecular flexibility index (Phi) is 4.21. The summed E-state index contributed by atoms with van der Waals surface area (Å²) in [7, 11) is 1.95. The fourth-order valence-electron chi connectivity index (χ4n) is 2.65. The number of piperazine rings is 1. The van der Waals surface area contributed by atoms with E-state index in [4.69, 9.17) is 5.11 Å². The van der Waals surface area contributed by atoms with E-state index in [1.807, 2.05) is 28.9 Å². The molecule has 0 spiro atoms. The molecular weight excluding hydrogens is 244 g/mol. The number of aliphatic carboxylic acids is 1. The lowest BCUT2D eigenvalue weighted by molar-refractivity contribution is -0.143. The largest absolute Gasteiger partial charge is 0.480 e. The van der Waals surface area contributed by atoms with Gasteiger partial charge in [-0.15, -0.1) is 0 Å². The van der Waals surface area contributed by atoms with Crippen molar-refractivity contribution in [1.29, 1.82) is 0 Å². The maximum atomic E-state index is 11.0. The van der Waals surface area contributed by atoms with Crippen molar-refractivity contribution >= 4 is 5.97 Å². The maximum absolute atomic E-state index is 11.0. The molecule has 0 aliphatic carbocycles. The van der Waals surface area contributed by atoms with Crippen molar-refractivity contribution in [2.75, 3.05) is 26.2 Å². The minimum absolute atomic E-state index is 0.315. The van der Waals surface area contributed by atoms with Crippen LogP contribution in [0.15, 0.2) is 12.3 Å². The van der Waals surface area contributed by atoms with E-state index in [0.29, 0.717) is 6.04 Å². The SMILES string of the molecule is CC(C(=O)O)N1CCN(C(C)c2ccnn2C)CC1. The van der Waals surface area contributed by atoms with E-state index in [1.54, 1.807) is 6.92 Å². The molecule has 0 amide bonds. The Balaban J connectivity index is 1.93. The molecule has 2 unspecified atom stereocenters. The van der Waals surface area contributed by atoms with Crippen LogP contribution in [0.3, 0.4) is 0 Å². The number of aryl methyl sites for hydroxylation is 1. The van der Waals surface area contributed by atoms with Crippen LogP contribution in [0.4, 0.5) is 0 Å². The summed E-state index contributed by atoms with van der Waals surface area (Å²) < 4.78 is 1.90. The molecule has 1 aliphatic rings. The van der Waals surface area contributed by atoms with Gasteiger partial charge >= 0.3 is 5.97 Å². The monoisotopic (exact) mass is 266 g/mol. The maximum Gasteiger partial charge on any atom is 0.320 e. The highest BCUT2D eigenvalue weighted by atomic mass is 16.4. The zero-order valence-corrected chi connectivity index (χ0v) is 11.8. The van der Waals surface area contributed by atoms with Crippen LogP contribution in [0.2, 0.25) is 0 Å². The van der Waals surface area contributed by atoms with E-state index in [1.165, 1.54) is 5.69 Å². The Labute approximate surface area is 113 Å². The number of aromatic nitrogens is 2. The Morgan fingerprint density at radius 3 is 2.32 bits per heavy atom. The minimum Gasteiger partial charge on any atom is -0.480 e. The van der Waals surface area contributed by atoms with Crippen molar-refractivity contribution < 1.29 is 9.90 Å². The highest BCUT2D eigenvalue weighted by Gasteiger charge is 2.28. The van der Waals surface area contributed by atoms with Crippen LogP contribution in [0.1, 0.15) is 25.6 Å². The Morgan fingerprint density at radius 1 is 1.26 bits per heavy atom. The van der Waals surface area contributed by atoms with Crippen molar-refractivity contribution in [2.24, 2.45) is 7.05 Å². The van der Waals surface area contributed by atoms with Crippen LogP contribution < -0.4 is 0 Å². The van der Waals surface area contributed by atoms with Crippen molar-refractivity contribution in [1.82, 2.24) is 19.6 Å². The van der Waals surface area contributed by atoms with Crippen LogP contribution in [0.5, 0.6) is 0 Å². The molecule has 2 atom stereocenters. The molecule has 0 aromatic carbocycles. The summed E-state index contributed by atoms with van der Waals surface area (Å²) in [5.74, 6) is -0.742. The van der Waals surface area contributed by atoms with E-state index in [9.17, 15) is 4.79 Å². The minimum atomic E-state index is -0.742. The molecule has 1 fully saturated rings. The Morgan fingerprint density at radius 2 is 1.84 bits per heavy atom. The number of carboxylic acid groups (broad SMARTS) is 1. The first-order chi connectivity index (χ1) is 9.00. The van der Waals surface area contributed by atoms with Crippen LogP contribution >= 0.6 is 0 Å². The molecule has 0 bridgehead atoms. The molecule has 1 aromatic heterocycles. The second-order valence-electron chi connectivity index (χ2n) is 5.14. The van der Waals surface area contributed by atoms with Gasteiger partial charge in [-0.1, -0.05) is 0 Å². The lowest BCUT2D eigenvalue weighted by atomic mass is 10.1. The quantitative estimate of drug-likeness (QED) is 0.863. The van der Waals surface area contributed by atoms with Crippen LogP contribution in [-0.2, 0) is 11.8 Å². The van der Waals surface area contributed by atoms with Gasteiger partial charge in [0.1, 0.15) is 6.04 Å². The second kappa shape index (κ2) is 5.71. The highest BCUT2D eigenvalue weighted by molar-refractivity contribution is 5.72. The average Bonchev–Trinajstić information content (AvgIpc) is 2.83. The second-order valence-corrected chi connectivity index (χ2v) is 5.14. The van der Waals surface area contributed by atoms with Gasteiger partial charge in [-0.25, -0.2) is 0 Å². The summed E-state index contributed by atoms with van der Waals surface area (Å²) >= 11 is 0. The first-order valence-corrected chi connectivity index (χ1v) is 6.69. The van der Waals surface area contributed by atoms with Gasteiger partial charge in [-0.2, -0.15) is 5.10 Å². The van der Waals surface area contributed by atoms with Crippen molar-refractivity contribution in [3.05, 3.63) is 18.0 Å². The lowest BCUT2D eigenvalue weighted by Crippen LogP contribution is -2.52. The molecule has 2 heterocycles. The van der Waals surface area contributed by atoms with E-state index in [0.717, 1.165) is 26.2 Å².